The lowest BCUT2D eigenvalue weighted by atomic mass is 9.85. The molecule has 2 amide bonds. The van der Waals surface area contributed by atoms with Crippen molar-refractivity contribution < 1.29 is 28.9 Å². The monoisotopic (exact) mass is 487 g/mol. The molecule has 1 spiro atoms. The van der Waals surface area contributed by atoms with E-state index in [2.05, 4.69) is 24.1 Å². The number of anilines is 1. The minimum Gasteiger partial charge on any atom is -0.459 e. The number of amides is 2. The van der Waals surface area contributed by atoms with E-state index in [4.69, 9.17) is 19.3 Å². The molecule has 3 heterocycles. The summed E-state index contributed by atoms with van der Waals surface area (Å²) < 4.78 is 17.1. The molecule has 3 aliphatic heterocycles. The second-order valence-corrected chi connectivity index (χ2v) is 9.68. The van der Waals surface area contributed by atoms with Gasteiger partial charge >= 0.3 is 0 Å². The number of nitrogens with zero attached hydrogens (tertiary/aromatic N) is 2. The van der Waals surface area contributed by atoms with E-state index in [0.717, 1.165) is 5.69 Å². The summed E-state index contributed by atoms with van der Waals surface area (Å²) in [4.78, 5) is 30.3. The Labute approximate surface area is 207 Å². The molecule has 0 aliphatic carbocycles. The zero-order valence-corrected chi connectivity index (χ0v) is 20.7. The van der Waals surface area contributed by atoms with E-state index >= 15 is 0 Å². The number of rotatable bonds is 9. The van der Waals surface area contributed by atoms with E-state index in [9.17, 15) is 9.59 Å². The predicted octanol–water partition coefficient (Wildman–Crippen LogP) is 1.87. The quantitative estimate of drug-likeness (QED) is 0.513. The van der Waals surface area contributed by atoms with Crippen molar-refractivity contribution in [2.75, 3.05) is 51.1 Å². The van der Waals surface area contributed by atoms with E-state index in [-0.39, 0.29) is 30.9 Å². The first-order chi connectivity index (χ1) is 16.9. The second kappa shape index (κ2) is 11.4. The van der Waals surface area contributed by atoms with Gasteiger partial charge in [-0.1, -0.05) is 32.0 Å². The molecule has 4 rings (SSSR count). The van der Waals surface area contributed by atoms with Gasteiger partial charge < -0.3 is 34.4 Å². The molecule has 1 aromatic rings. The second-order valence-electron chi connectivity index (χ2n) is 9.68. The molecule has 2 saturated heterocycles. The van der Waals surface area contributed by atoms with Crippen LogP contribution in [0, 0.1) is 11.8 Å². The van der Waals surface area contributed by atoms with Crippen LogP contribution in [-0.2, 0) is 23.8 Å². The average molecular weight is 488 g/mol. The summed E-state index contributed by atoms with van der Waals surface area (Å²) in [5.74, 6) is 0.697. The third-order valence-electron chi connectivity index (χ3n) is 7.21. The largest absolute Gasteiger partial charge is 0.459 e. The number of benzene rings is 1. The fraction of sp³-hybridized carbons (Fsp3) is 0.615. The molecule has 9 heteroatoms. The SMILES string of the molecule is CC(C)[C@H]1C=C(C(=O)N2CCC3(CC2)C(=O)NCN3c2ccccc2)O[C@@H](OCCOCCO)C1. The first kappa shape index (κ1) is 25.5. The molecule has 1 aromatic carbocycles. The highest BCUT2D eigenvalue weighted by molar-refractivity contribution is 5.95. The van der Waals surface area contributed by atoms with Crippen LogP contribution in [0.25, 0.3) is 0 Å². The molecule has 0 saturated carbocycles. The van der Waals surface area contributed by atoms with E-state index in [1.807, 2.05) is 36.4 Å². The van der Waals surface area contributed by atoms with Gasteiger partial charge in [0.15, 0.2) is 5.76 Å². The van der Waals surface area contributed by atoms with E-state index < -0.39 is 11.8 Å². The molecule has 0 radical (unpaired) electrons. The minimum atomic E-state index is -0.638. The van der Waals surface area contributed by atoms with Gasteiger partial charge in [0.1, 0.15) is 5.54 Å². The Kier molecular flexibility index (Phi) is 8.30. The lowest BCUT2D eigenvalue weighted by Crippen LogP contribution is -2.57. The van der Waals surface area contributed by atoms with Crippen LogP contribution in [0.1, 0.15) is 33.1 Å². The Morgan fingerprint density at radius 2 is 1.94 bits per heavy atom. The molecule has 35 heavy (non-hydrogen) atoms. The van der Waals surface area contributed by atoms with Crippen molar-refractivity contribution >= 4 is 17.5 Å². The standard InChI is InChI=1S/C26H37N3O6/c1-19(2)20-16-22(35-23(17-20)34-15-14-33-13-12-30)24(31)28-10-8-26(9-11-28)25(32)27-18-29(26)21-6-4-3-5-7-21/h3-7,16,19-20,23,30H,8-15,17-18H2,1-2H3,(H,27,32)/t20-,23+/m0/s1. The molecule has 2 fully saturated rings. The number of carbonyl (C=O) groups is 2. The number of ether oxygens (including phenoxy) is 3. The Balaban J connectivity index is 1.39. The normalized spacial score (nSPS) is 23.9. The lowest BCUT2D eigenvalue weighted by Gasteiger charge is -2.43. The molecule has 2 atom stereocenters. The van der Waals surface area contributed by atoms with Crippen LogP contribution in [0.15, 0.2) is 42.2 Å². The summed E-state index contributed by atoms with van der Waals surface area (Å²) in [6, 6.07) is 9.94. The summed E-state index contributed by atoms with van der Waals surface area (Å²) in [7, 11) is 0. The van der Waals surface area contributed by atoms with E-state index in [0.29, 0.717) is 63.9 Å². The molecular formula is C26H37N3O6. The van der Waals surface area contributed by atoms with Crippen LogP contribution in [0.3, 0.4) is 0 Å². The van der Waals surface area contributed by atoms with Crippen LogP contribution < -0.4 is 10.2 Å². The number of para-hydroxylation sites is 1. The fourth-order valence-corrected chi connectivity index (χ4v) is 5.08. The van der Waals surface area contributed by atoms with Gasteiger partial charge in [-0.3, -0.25) is 9.59 Å². The Morgan fingerprint density at radius 3 is 2.63 bits per heavy atom. The number of aliphatic hydroxyl groups is 1. The van der Waals surface area contributed by atoms with Crippen molar-refractivity contribution in [3.8, 4) is 0 Å². The van der Waals surface area contributed by atoms with Crippen molar-refractivity contribution in [2.24, 2.45) is 11.8 Å². The lowest BCUT2D eigenvalue weighted by molar-refractivity contribution is -0.161. The zero-order chi connectivity index (χ0) is 24.8. The number of carbonyl (C=O) groups excluding carboxylic acids is 2. The molecule has 0 unspecified atom stereocenters. The number of hydrogen-bond donors (Lipinski definition) is 2. The maximum atomic E-state index is 13.4. The van der Waals surface area contributed by atoms with Gasteiger partial charge in [-0.2, -0.15) is 0 Å². The third kappa shape index (κ3) is 5.63. The van der Waals surface area contributed by atoms with Gasteiger partial charge in [-0.15, -0.1) is 0 Å². The molecule has 9 nitrogen and oxygen atoms in total. The number of nitrogens with one attached hydrogen (secondary N) is 1. The summed E-state index contributed by atoms with van der Waals surface area (Å²) in [6.45, 7) is 6.59. The number of hydrogen-bond acceptors (Lipinski definition) is 7. The number of likely N-dealkylation sites (tertiary alicyclic amines) is 1. The molecule has 192 valence electrons. The first-order valence-electron chi connectivity index (χ1n) is 12.5. The molecule has 3 aliphatic rings. The van der Waals surface area contributed by atoms with Crippen molar-refractivity contribution in [1.29, 1.82) is 0 Å². The number of piperidine rings is 1. The highest BCUT2D eigenvalue weighted by atomic mass is 16.7. The highest BCUT2D eigenvalue weighted by Gasteiger charge is 2.51. The van der Waals surface area contributed by atoms with Crippen molar-refractivity contribution in [3.05, 3.63) is 42.2 Å². The van der Waals surface area contributed by atoms with Crippen LogP contribution in [0.5, 0.6) is 0 Å². The van der Waals surface area contributed by atoms with E-state index in [1.54, 1.807) is 4.90 Å². The van der Waals surface area contributed by atoms with Gasteiger partial charge in [0, 0.05) is 25.2 Å². The summed E-state index contributed by atoms with van der Waals surface area (Å²) in [5, 5.41) is 11.8. The van der Waals surface area contributed by atoms with Crippen LogP contribution >= 0.6 is 0 Å². The highest BCUT2D eigenvalue weighted by Crippen LogP contribution is 2.37. The van der Waals surface area contributed by atoms with Gasteiger partial charge in [-0.25, -0.2) is 0 Å². The Hall–Kier alpha value is -2.62. The van der Waals surface area contributed by atoms with E-state index in [1.165, 1.54) is 0 Å². The van der Waals surface area contributed by atoms with Crippen LogP contribution in [-0.4, -0.2) is 79.8 Å². The zero-order valence-electron chi connectivity index (χ0n) is 20.7. The maximum absolute atomic E-state index is 13.4. The maximum Gasteiger partial charge on any atom is 0.288 e. The van der Waals surface area contributed by atoms with Gasteiger partial charge in [0.05, 0.1) is 33.1 Å². The smallest absolute Gasteiger partial charge is 0.288 e. The number of allylic oxidation sites excluding steroid dienone is 1. The predicted molar refractivity (Wildman–Crippen MR) is 130 cm³/mol. The van der Waals surface area contributed by atoms with Gasteiger partial charge in [-0.05, 0) is 42.9 Å². The van der Waals surface area contributed by atoms with Crippen LogP contribution in [0.4, 0.5) is 5.69 Å². The average Bonchev–Trinajstić information content (AvgIpc) is 3.19. The topological polar surface area (TPSA) is 101 Å². The molecule has 2 N–H and O–H groups in total. The summed E-state index contributed by atoms with van der Waals surface area (Å²) in [5.41, 5.74) is 0.368. The van der Waals surface area contributed by atoms with Crippen molar-refractivity contribution in [2.45, 2.75) is 44.9 Å². The molecule has 0 bridgehead atoms. The molecule has 0 aromatic heterocycles. The van der Waals surface area contributed by atoms with Crippen LogP contribution in [0.2, 0.25) is 0 Å². The van der Waals surface area contributed by atoms with Gasteiger partial charge in [0.25, 0.3) is 5.91 Å². The Morgan fingerprint density at radius 1 is 1.20 bits per heavy atom. The number of aliphatic hydroxyl groups excluding tert-OH is 1. The third-order valence-corrected chi connectivity index (χ3v) is 7.21. The van der Waals surface area contributed by atoms with Crippen molar-refractivity contribution in [3.63, 3.8) is 0 Å². The Bertz CT molecular complexity index is 898. The molecular weight excluding hydrogens is 450 g/mol. The summed E-state index contributed by atoms with van der Waals surface area (Å²) >= 11 is 0. The first-order valence-corrected chi connectivity index (χ1v) is 12.5. The minimum absolute atomic E-state index is 0.0262. The fourth-order valence-electron chi connectivity index (χ4n) is 5.08. The van der Waals surface area contributed by atoms with Crippen molar-refractivity contribution in [1.82, 2.24) is 10.2 Å². The van der Waals surface area contributed by atoms with Gasteiger partial charge in [0.2, 0.25) is 12.2 Å². The summed E-state index contributed by atoms with van der Waals surface area (Å²) in [6.07, 6.45) is 3.20.